The number of allylic oxidation sites excluding steroid dienone is 4. The molecule has 0 aromatic rings. The first kappa shape index (κ1) is 29.5. The Morgan fingerprint density at radius 2 is 1.57 bits per heavy atom. The number of carbonyl (C=O) groups excluding carboxylic acids is 3. The Kier molecular flexibility index (Phi) is 5.86. The van der Waals surface area contributed by atoms with Gasteiger partial charge in [0.05, 0.1) is 11.1 Å². The first-order valence-corrected chi connectivity index (χ1v) is 16.1. The lowest BCUT2D eigenvalue weighted by Crippen LogP contribution is -2.71. The number of hydrogen-bond donors (Lipinski definition) is 0. The molecule has 0 aromatic carbocycles. The highest BCUT2D eigenvalue weighted by Crippen LogP contribution is 2.74. The first-order chi connectivity index (χ1) is 19.2. The van der Waals surface area contributed by atoms with Crippen molar-refractivity contribution in [2.75, 3.05) is 0 Å². The number of fused-ring (bicyclic) bond motifs is 7. The van der Waals surface area contributed by atoms with Crippen molar-refractivity contribution < 1.29 is 14.4 Å². The standard InChI is InChI=1S/C36H49N3O3/c1-21-38-32(6,7)29(42)39(21)36-15-13-30(2,3)19-23(36)27-24(40)17-26-33(8)18-22(20-37)28(41)31(4,5)25(33)11-12-34(26,9)35(27,10)14-16-36/h17-18,23,25,27H,11-16,19H2,1-10H3/t23-,25-,27-,33-,34+,35+,36-/m0/s1. The normalized spacial score (nSPS) is 45.0. The first-order valence-electron chi connectivity index (χ1n) is 16.1. The molecular formula is C36H49N3O3. The van der Waals surface area contributed by atoms with Crippen LogP contribution in [0, 0.1) is 56.2 Å². The molecule has 42 heavy (non-hydrogen) atoms. The number of rotatable bonds is 1. The molecule has 1 aliphatic heterocycles. The molecule has 3 fully saturated rings. The zero-order valence-electron chi connectivity index (χ0n) is 27.4. The van der Waals surface area contributed by atoms with Gasteiger partial charge in [0, 0.05) is 16.7 Å². The van der Waals surface area contributed by atoms with E-state index in [0.717, 1.165) is 56.4 Å². The Morgan fingerprint density at radius 3 is 2.17 bits per heavy atom. The van der Waals surface area contributed by atoms with Gasteiger partial charge >= 0.3 is 0 Å². The summed E-state index contributed by atoms with van der Waals surface area (Å²) in [4.78, 5) is 48.9. The maximum Gasteiger partial charge on any atom is 0.255 e. The van der Waals surface area contributed by atoms with Crippen LogP contribution in [0.4, 0.5) is 0 Å². The third kappa shape index (κ3) is 3.37. The second-order valence-corrected chi connectivity index (χ2v) is 17.2. The molecule has 6 heteroatoms. The van der Waals surface area contributed by atoms with Gasteiger partial charge in [-0.05, 0) is 99.9 Å². The number of carbonyl (C=O) groups is 3. The maximum atomic E-state index is 14.8. The summed E-state index contributed by atoms with van der Waals surface area (Å²) in [7, 11) is 0. The largest absolute Gasteiger partial charge is 0.295 e. The monoisotopic (exact) mass is 571 g/mol. The minimum Gasteiger partial charge on any atom is -0.295 e. The highest BCUT2D eigenvalue weighted by atomic mass is 16.2. The van der Waals surface area contributed by atoms with Crippen molar-refractivity contribution in [3.8, 4) is 6.07 Å². The van der Waals surface area contributed by atoms with Crippen LogP contribution in [0.5, 0.6) is 0 Å². The van der Waals surface area contributed by atoms with E-state index in [2.05, 4.69) is 40.7 Å². The van der Waals surface area contributed by atoms with E-state index in [9.17, 15) is 19.6 Å². The van der Waals surface area contributed by atoms with Crippen LogP contribution in [0.15, 0.2) is 28.3 Å². The third-order valence-electron chi connectivity index (χ3n) is 13.8. The molecule has 0 spiro atoms. The van der Waals surface area contributed by atoms with Crippen LogP contribution >= 0.6 is 0 Å². The second-order valence-electron chi connectivity index (χ2n) is 17.2. The highest BCUT2D eigenvalue weighted by Gasteiger charge is 2.71. The molecule has 0 N–H and O–H groups in total. The van der Waals surface area contributed by atoms with Gasteiger partial charge < -0.3 is 0 Å². The Bertz CT molecular complexity index is 1450. The van der Waals surface area contributed by atoms with Crippen LogP contribution in [0.1, 0.15) is 114 Å². The number of nitriles is 1. The Morgan fingerprint density at radius 1 is 0.929 bits per heavy atom. The molecule has 3 saturated carbocycles. The molecule has 5 aliphatic carbocycles. The number of amides is 1. The summed E-state index contributed by atoms with van der Waals surface area (Å²) < 4.78 is 0. The minimum absolute atomic E-state index is 0.0292. The van der Waals surface area contributed by atoms with E-state index in [-0.39, 0.29) is 57.0 Å². The van der Waals surface area contributed by atoms with E-state index < -0.39 is 21.9 Å². The van der Waals surface area contributed by atoms with Gasteiger partial charge in [-0.25, -0.2) is 0 Å². The molecule has 0 unspecified atom stereocenters. The fraction of sp³-hybridized carbons (Fsp3) is 0.750. The van der Waals surface area contributed by atoms with Crippen molar-refractivity contribution in [1.82, 2.24) is 4.90 Å². The molecule has 1 heterocycles. The lowest BCUT2D eigenvalue weighted by Gasteiger charge is -2.70. The highest BCUT2D eigenvalue weighted by molar-refractivity contribution is 6.08. The number of amidine groups is 1. The average Bonchev–Trinajstić information content (AvgIpc) is 3.09. The van der Waals surface area contributed by atoms with Crippen LogP contribution in [-0.4, -0.2) is 39.3 Å². The molecule has 7 atom stereocenters. The van der Waals surface area contributed by atoms with Crippen LogP contribution in [0.25, 0.3) is 0 Å². The number of aliphatic imine (C=N–C) groups is 1. The molecule has 0 bridgehead atoms. The number of Topliss-reactive ketones (excluding diaryl/α,β-unsaturated/α-hetero) is 1. The van der Waals surface area contributed by atoms with Gasteiger partial charge in [0.1, 0.15) is 17.4 Å². The zero-order chi connectivity index (χ0) is 31.1. The molecule has 6 rings (SSSR count). The quantitative estimate of drug-likeness (QED) is 0.339. The van der Waals surface area contributed by atoms with Crippen LogP contribution in [-0.2, 0) is 14.4 Å². The van der Waals surface area contributed by atoms with Gasteiger partial charge in [0.2, 0.25) is 0 Å². The molecular weight excluding hydrogens is 522 g/mol. The summed E-state index contributed by atoms with van der Waals surface area (Å²) in [6.07, 6.45) is 10.1. The van der Waals surface area contributed by atoms with Crippen molar-refractivity contribution in [3.05, 3.63) is 23.3 Å². The van der Waals surface area contributed by atoms with E-state index >= 15 is 0 Å². The van der Waals surface area contributed by atoms with Crippen molar-refractivity contribution in [2.24, 2.45) is 49.8 Å². The summed E-state index contributed by atoms with van der Waals surface area (Å²) in [6.45, 7) is 21.3. The number of ketones is 2. The van der Waals surface area contributed by atoms with Gasteiger partial charge in [-0.15, -0.1) is 0 Å². The van der Waals surface area contributed by atoms with Crippen LogP contribution in [0.3, 0.4) is 0 Å². The minimum atomic E-state index is -0.782. The van der Waals surface area contributed by atoms with Gasteiger partial charge in [-0.3, -0.25) is 24.3 Å². The van der Waals surface area contributed by atoms with Crippen molar-refractivity contribution in [2.45, 2.75) is 125 Å². The van der Waals surface area contributed by atoms with Crippen LogP contribution < -0.4 is 0 Å². The van der Waals surface area contributed by atoms with E-state index in [0.29, 0.717) is 0 Å². The fourth-order valence-electron chi connectivity index (χ4n) is 11.4. The molecule has 0 radical (unpaired) electrons. The van der Waals surface area contributed by atoms with E-state index in [1.165, 1.54) is 0 Å². The Labute approximate surface area is 252 Å². The van der Waals surface area contributed by atoms with Gasteiger partial charge in [0.25, 0.3) is 5.91 Å². The summed E-state index contributed by atoms with van der Waals surface area (Å²) >= 11 is 0. The third-order valence-corrected chi connectivity index (χ3v) is 13.8. The summed E-state index contributed by atoms with van der Waals surface area (Å²) in [5.74, 6) is 0.801. The maximum absolute atomic E-state index is 14.8. The number of nitrogens with zero attached hydrogens (tertiary/aromatic N) is 3. The lowest BCUT2D eigenvalue weighted by molar-refractivity contribution is -0.176. The Balaban J connectivity index is 1.53. The van der Waals surface area contributed by atoms with Crippen molar-refractivity contribution in [3.63, 3.8) is 0 Å². The SMILES string of the molecule is CC1=NC(C)(C)C(=O)N1[C@]12CCC(C)(C)C[C@H]1[C@H]1C(=O)C=C3[C@@]4(C)C=C(C#N)C(=O)C(C)(C)[C@@H]4CC[C@@]3(C)[C@]1(C)CC2. The summed E-state index contributed by atoms with van der Waals surface area (Å²) in [5.41, 5.74) is -1.58. The van der Waals surface area contributed by atoms with Gasteiger partial charge in [-0.1, -0.05) is 60.1 Å². The van der Waals surface area contributed by atoms with Crippen molar-refractivity contribution in [1.29, 1.82) is 5.26 Å². The molecule has 6 nitrogen and oxygen atoms in total. The molecule has 1 amide bonds. The predicted octanol–water partition coefficient (Wildman–Crippen LogP) is 7.00. The van der Waals surface area contributed by atoms with E-state index in [4.69, 9.17) is 4.99 Å². The van der Waals surface area contributed by atoms with E-state index in [1.807, 2.05) is 51.7 Å². The fourth-order valence-corrected chi connectivity index (χ4v) is 11.4. The van der Waals surface area contributed by atoms with E-state index in [1.54, 1.807) is 0 Å². The smallest absolute Gasteiger partial charge is 0.255 e. The Hall–Kier alpha value is -2.55. The molecule has 0 saturated heterocycles. The molecule has 226 valence electrons. The summed E-state index contributed by atoms with van der Waals surface area (Å²) in [5, 5.41) is 9.97. The molecule has 6 aliphatic rings. The van der Waals surface area contributed by atoms with Gasteiger partial charge in [0.15, 0.2) is 11.6 Å². The van der Waals surface area contributed by atoms with Gasteiger partial charge in [-0.2, -0.15) is 5.26 Å². The molecule has 0 aromatic heterocycles. The zero-order valence-corrected chi connectivity index (χ0v) is 27.4. The topological polar surface area (TPSA) is 90.6 Å². The lowest BCUT2D eigenvalue weighted by atomic mass is 9.35. The van der Waals surface area contributed by atoms with Crippen molar-refractivity contribution >= 4 is 23.3 Å². The average molecular weight is 572 g/mol. The predicted molar refractivity (Wildman–Crippen MR) is 163 cm³/mol. The summed E-state index contributed by atoms with van der Waals surface area (Å²) in [6, 6.07) is 2.20. The second kappa shape index (κ2) is 8.33. The van der Waals surface area contributed by atoms with Crippen LogP contribution in [0.2, 0.25) is 0 Å². The number of hydrogen-bond acceptors (Lipinski definition) is 5.